The van der Waals surface area contributed by atoms with Crippen LogP contribution >= 0.6 is 0 Å². The van der Waals surface area contributed by atoms with Gasteiger partial charge >= 0.3 is 0 Å². The highest BCUT2D eigenvalue weighted by Gasteiger charge is 2.04. The second-order valence-corrected chi connectivity index (χ2v) is 3.82. The van der Waals surface area contributed by atoms with Crippen LogP contribution < -0.4 is 4.74 Å². The van der Waals surface area contributed by atoms with E-state index in [2.05, 4.69) is 33.1 Å². The lowest BCUT2D eigenvalue weighted by molar-refractivity contribution is 0.400. The second-order valence-electron chi connectivity index (χ2n) is 3.82. The molecule has 0 aliphatic heterocycles. The third-order valence-corrected chi connectivity index (χ3v) is 2.48. The van der Waals surface area contributed by atoms with Gasteiger partial charge in [0.2, 0.25) is 0 Å². The fraction of sp³-hybridized carbons (Fsp3) is 0.474. The smallest absolute Gasteiger partial charge is 0.130 e. The lowest BCUT2D eigenvalue weighted by Gasteiger charge is -2.12. The van der Waals surface area contributed by atoms with Gasteiger partial charge in [-0.05, 0) is 36.1 Å². The van der Waals surface area contributed by atoms with Gasteiger partial charge in [0.15, 0.2) is 0 Å². The highest BCUT2D eigenvalue weighted by molar-refractivity contribution is 5.51. The van der Waals surface area contributed by atoms with Gasteiger partial charge in [-0.3, -0.25) is 0 Å². The predicted molar refractivity (Wildman–Crippen MR) is 93.3 cm³/mol. The summed E-state index contributed by atoms with van der Waals surface area (Å²) in [7, 11) is 0. The first-order chi connectivity index (χ1) is 9.71. The van der Waals surface area contributed by atoms with Gasteiger partial charge in [-0.15, -0.1) is 0 Å². The maximum absolute atomic E-state index is 5.75. The van der Waals surface area contributed by atoms with Crippen molar-refractivity contribution in [3.8, 4) is 5.75 Å². The molecule has 0 bridgehead atoms. The Morgan fingerprint density at radius 1 is 1.15 bits per heavy atom. The van der Waals surface area contributed by atoms with Crippen LogP contribution in [-0.2, 0) is 6.42 Å². The number of allylic oxidation sites excluding steroid dienone is 1. The molecular formula is C19H32O. The molecule has 1 heteroatoms. The van der Waals surface area contributed by atoms with Gasteiger partial charge < -0.3 is 4.74 Å². The summed E-state index contributed by atoms with van der Waals surface area (Å²) in [6.45, 7) is 19.9. The number of ether oxygens (including phenoxy) is 1. The van der Waals surface area contributed by atoms with Crippen LogP contribution in [0.5, 0.6) is 5.75 Å². The third kappa shape index (κ3) is 7.83. The summed E-state index contributed by atoms with van der Waals surface area (Å²) in [5.74, 6) is 1.76. The highest BCUT2D eigenvalue weighted by Crippen LogP contribution is 2.24. The number of benzene rings is 1. The normalized spacial score (nSPS) is 8.50. The van der Waals surface area contributed by atoms with Crippen molar-refractivity contribution in [2.24, 2.45) is 0 Å². The minimum atomic E-state index is 0.837. The number of hydrogen-bond donors (Lipinski definition) is 0. The summed E-state index contributed by atoms with van der Waals surface area (Å²) < 4.78 is 5.75. The van der Waals surface area contributed by atoms with Crippen molar-refractivity contribution in [1.29, 1.82) is 0 Å². The number of aryl methyl sites for hydroxylation is 1. The van der Waals surface area contributed by atoms with E-state index < -0.39 is 0 Å². The quantitative estimate of drug-likeness (QED) is 0.529. The van der Waals surface area contributed by atoms with Crippen LogP contribution in [0.15, 0.2) is 37.1 Å². The number of hydrogen-bond acceptors (Lipinski definition) is 1. The summed E-state index contributed by atoms with van der Waals surface area (Å²) in [4.78, 5) is 0. The van der Waals surface area contributed by atoms with Crippen LogP contribution in [0.1, 0.15) is 65.5 Å². The van der Waals surface area contributed by atoms with E-state index in [4.69, 9.17) is 4.74 Å². The molecular weight excluding hydrogens is 244 g/mol. The molecule has 0 aliphatic rings. The Kier molecular flexibility index (Phi) is 14.5. The molecule has 0 aliphatic carbocycles. The summed E-state index contributed by atoms with van der Waals surface area (Å²) in [6, 6.07) is 6.12. The van der Waals surface area contributed by atoms with Gasteiger partial charge in [-0.2, -0.15) is 0 Å². The molecule has 0 spiro atoms. The average Bonchev–Trinajstić information content (AvgIpc) is 2.52. The molecule has 0 radical (unpaired) electrons. The number of rotatable bonds is 6. The maximum atomic E-state index is 5.75. The zero-order valence-corrected chi connectivity index (χ0v) is 14.3. The van der Waals surface area contributed by atoms with Crippen molar-refractivity contribution in [2.75, 3.05) is 0 Å². The summed E-state index contributed by atoms with van der Waals surface area (Å²) >= 11 is 0. The Balaban J connectivity index is 0. The van der Waals surface area contributed by atoms with Crippen LogP contribution in [0.25, 0.3) is 6.08 Å². The van der Waals surface area contributed by atoms with E-state index in [1.54, 1.807) is 0 Å². The van der Waals surface area contributed by atoms with Crippen LogP contribution in [0.3, 0.4) is 0 Å². The van der Waals surface area contributed by atoms with E-state index in [1.807, 2.05) is 45.9 Å². The Labute approximate surface area is 126 Å². The Morgan fingerprint density at radius 2 is 1.75 bits per heavy atom. The van der Waals surface area contributed by atoms with E-state index in [1.165, 1.54) is 5.56 Å². The van der Waals surface area contributed by atoms with Gasteiger partial charge in [-0.1, -0.05) is 66.8 Å². The molecule has 1 aromatic rings. The fourth-order valence-corrected chi connectivity index (χ4v) is 1.59. The summed E-state index contributed by atoms with van der Waals surface area (Å²) in [5, 5.41) is 0. The van der Waals surface area contributed by atoms with Crippen molar-refractivity contribution in [3.63, 3.8) is 0 Å². The lowest BCUT2D eigenvalue weighted by atomic mass is 10.1. The maximum Gasteiger partial charge on any atom is 0.130 e. The highest BCUT2D eigenvalue weighted by atomic mass is 16.5. The monoisotopic (exact) mass is 276 g/mol. The van der Waals surface area contributed by atoms with Gasteiger partial charge in [0.1, 0.15) is 5.75 Å². The molecule has 0 saturated carbocycles. The first kappa shape index (κ1) is 20.8. The molecule has 0 heterocycles. The molecule has 0 atom stereocenters. The molecule has 0 fully saturated rings. The first-order valence-corrected chi connectivity index (χ1v) is 7.82. The van der Waals surface area contributed by atoms with Crippen molar-refractivity contribution < 1.29 is 4.74 Å². The van der Waals surface area contributed by atoms with Crippen LogP contribution in [0, 0.1) is 0 Å². The topological polar surface area (TPSA) is 9.23 Å². The van der Waals surface area contributed by atoms with E-state index in [-0.39, 0.29) is 0 Å². The molecule has 1 rings (SSSR count). The molecule has 0 aromatic heterocycles. The largest absolute Gasteiger partial charge is 0.462 e. The van der Waals surface area contributed by atoms with E-state index >= 15 is 0 Å². The fourth-order valence-electron chi connectivity index (χ4n) is 1.59. The van der Waals surface area contributed by atoms with Crippen molar-refractivity contribution in [3.05, 3.63) is 48.2 Å². The minimum Gasteiger partial charge on any atom is -0.462 e. The Morgan fingerprint density at radius 3 is 2.20 bits per heavy atom. The van der Waals surface area contributed by atoms with Gasteiger partial charge in [0.25, 0.3) is 0 Å². The molecule has 0 amide bonds. The summed E-state index contributed by atoms with van der Waals surface area (Å²) in [5.41, 5.74) is 2.33. The molecule has 20 heavy (non-hydrogen) atoms. The van der Waals surface area contributed by atoms with Gasteiger partial charge in [0.05, 0.1) is 5.76 Å². The minimum absolute atomic E-state index is 0.837. The van der Waals surface area contributed by atoms with Crippen LogP contribution in [0.2, 0.25) is 0 Å². The Hall–Kier alpha value is -1.50. The van der Waals surface area contributed by atoms with E-state index in [9.17, 15) is 0 Å². The summed E-state index contributed by atoms with van der Waals surface area (Å²) in [6.07, 6.45) is 4.78. The van der Waals surface area contributed by atoms with E-state index in [0.717, 1.165) is 36.3 Å². The average molecular weight is 276 g/mol. The molecule has 1 aromatic carbocycles. The molecule has 114 valence electrons. The van der Waals surface area contributed by atoms with Gasteiger partial charge in [-0.25, -0.2) is 0 Å². The first-order valence-electron chi connectivity index (χ1n) is 7.82. The Bertz CT molecular complexity index is 377. The van der Waals surface area contributed by atoms with Crippen LogP contribution in [-0.4, -0.2) is 0 Å². The molecule has 0 N–H and O–H groups in total. The van der Waals surface area contributed by atoms with Gasteiger partial charge in [0, 0.05) is 6.42 Å². The van der Waals surface area contributed by atoms with Crippen molar-refractivity contribution >= 4 is 6.08 Å². The molecule has 0 saturated heterocycles. The van der Waals surface area contributed by atoms with Crippen LogP contribution in [0.4, 0.5) is 0 Å². The molecule has 0 unspecified atom stereocenters. The third-order valence-electron chi connectivity index (χ3n) is 2.48. The standard InChI is InChI=1S/C15H20O.2C2H6/c1-5-8-12(4)16-15-10-9-13(6-2)11-14(15)7-3;2*1-2/h6,9-11H,2,4-5,7-8H2,1,3H3;2*1-2H3. The zero-order chi connectivity index (χ0) is 16.0. The SMILES string of the molecule is C=Cc1ccc(OC(=C)CCC)c(CC)c1.CC.CC. The van der Waals surface area contributed by atoms with E-state index in [0.29, 0.717) is 0 Å². The predicted octanol–water partition coefficient (Wildman–Crippen LogP) is 6.64. The van der Waals surface area contributed by atoms with Crippen molar-refractivity contribution in [1.82, 2.24) is 0 Å². The zero-order valence-electron chi connectivity index (χ0n) is 14.3. The lowest BCUT2D eigenvalue weighted by Crippen LogP contribution is -1.97. The van der Waals surface area contributed by atoms with Crippen molar-refractivity contribution in [2.45, 2.75) is 60.8 Å². The molecule has 1 nitrogen and oxygen atoms in total. The second kappa shape index (κ2) is 13.9.